The van der Waals surface area contributed by atoms with Gasteiger partial charge < -0.3 is 0 Å². The number of benzene rings is 1. The van der Waals surface area contributed by atoms with Crippen molar-refractivity contribution in [3.8, 4) is 0 Å². The van der Waals surface area contributed by atoms with Crippen LogP contribution < -0.4 is 0 Å². The van der Waals surface area contributed by atoms with Crippen molar-refractivity contribution in [1.82, 2.24) is 0 Å². The van der Waals surface area contributed by atoms with Gasteiger partial charge in [-0.15, -0.1) is 0 Å². The molecule has 2 rings (SSSR count). The fourth-order valence-electron chi connectivity index (χ4n) is 2.11. The summed E-state index contributed by atoms with van der Waals surface area (Å²) < 4.78 is 23.6. The number of hydrogen-bond acceptors (Lipinski definition) is 2. The van der Waals surface area contributed by atoms with Gasteiger partial charge in [-0.3, -0.25) is 0 Å². The Morgan fingerprint density at radius 2 is 2.20 bits per heavy atom. The normalized spacial score (nSPS) is 23.5. The highest BCUT2D eigenvalue weighted by Gasteiger charge is 2.29. The lowest BCUT2D eigenvalue weighted by atomic mass is 9.93. The predicted octanol–water partition coefficient (Wildman–Crippen LogP) is 3.01. The van der Waals surface area contributed by atoms with Crippen LogP contribution in [0.1, 0.15) is 31.2 Å². The molecule has 0 spiro atoms. The highest BCUT2D eigenvalue weighted by atomic mass is 35.5. The molecule has 0 radical (unpaired) electrons. The standard InChI is InChI=1S/C11H13ClO2S/c1-2-8-5-6-15(13,14)11-4-3-9(12)7-10(8)11/h3-4,7-8H,2,5-6H2,1H3/t8-/m1/s1. The number of hydrogen-bond donors (Lipinski definition) is 0. The predicted molar refractivity (Wildman–Crippen MR) is 61.2 cm³/mol. The summed E-state index contributed by atoms with van der Waals surface area (Å²) in [7, 11) is -3.06. The maximum Gasteiger partial charge on any atom is 0.178 e. The van der Waals surface area contributed by atoms with Gasteiger partial charge in [0.05, 0.1) is 10.6 Å². The summed E-state index contributed by atoms with van der Waals surface area (Å²) in [6, 6.07) is 5.08. The molecule has 0 saturated carbocycles. The van der Waals surface area contributed by atoms with Gasteiger partial charge in [-0.05, 0) is 42.5 Å². The van der Waals surface area contributed by atoms with E-state index >= 15 is 0 Å². The summed E-state index contributed by atoms with van der Waals surface area (Å²) in [6.45, 7) is 2.08. The maximum absolute atomic E-state index is 11.8. The van der Waals surface area contributed by atoms with Gasteiger partial charge in [-0.2, -0.15) is 0 Å². The summed E-state index contributed by atoms with van der Waals surface area (Å²) in [6.07, 6.45) is 1.68. The van der Waals surface area contributed by atoms with E-state index in [2.05, 4.69) is 6.92 Å². The highest BCUT2D eigenvalue weighted by Crippen LogP contribution is 2.36. The van der Waals surface area contributed by atoms with Crippen LogP contribution >= 0.6 is 11.6 Å². The zero-order valence-electron chi connectivity index (χ0n) is 8.53. The number of rotatable bonds is 1. The first kappa shape index (κ1) is 11.0. The summed E-state index contributed by atoms with van der Waals surface area (Å²) >= 11 is 5.90. The molecule has 0 N–H and O–H groups in total. The third kappa shape index (κ3) is 1.91. The average molecular weight is 245 g/mol. The van der Waals surface area contributed by atoms with E-state index in [9.17, 15) is 8.42 Å². The zero-order valence-corrected chi connectivity index (χ0v) is 10.1. The molecule has 1 heterocycles. The topological polar surface area (TPSA) is 34.1 Å². The first-order chi connectivity index (χ1) is 7.04. The van der Waals surface area contributed by atoms with E-state index in [1.54, 1.807) is 18.2 Å². The summed E-state index contributed by atoms with van der Waals surface area (Å²) in [5, 5.41) is 0.615. The van der Waals surface area contributed by atoms with E-state index in [4.69, 9.17) is 11.6 Å². The summed E-state index contributed by atoms with van der Waals surface area (Å²) in [4.78, 5) is 0.477. The van der Waals surface area contributed by atoms with Crippen molar-refractivity contribution in [2.75, 3.05) is 5.75 Å². The summed E-state index contributed by atoms with van der Waals surface area (Å²) in [5.41, 5.74) is 0.899. The molecule has 0 aliphatic carbocycles. The second-order valence-corrected chi connectivity index (χ2v) is 6.41. The smallest absolute Gasteiger partial charge is 0.178 e. The lowest BCUT2D eigenvalue weighted by molar-refractivity contribution is 0.557. The Hall–Kier alpha value is -0.540. The molecule has 1 aromatic carbocycles. The van der Waals surface area contributed by atoms with Gasteiger partial charge in [0.25, 0.3) is 0 Å². The van der Waals surface area contributed by atoms with E-state index in [-0.39, 0.29) is 5.75 Å². The Morgan fingerprint density at radius 1 is 1.47 bits per heavy atom. The molecular weight excluding hydrogens is 232 g/mol. The lowest BCUT2D eigenvalue weighted by Crippen LogP contribution is -2.19. The van der Waals surface area contributed by atoms with Crippen LogP contribution in [0.4, 0.5) is 0 Å². The quantitative estimate of drug-likeness (QED) is 0.761. The Morgan fingerprint density at radius 3 is 2.87 bits per heavy atom. The minimum atomic E-state index is -3.06. The lowest BCUT2D eigenvalue weighted by Gasteiger charge is -2.24. The Bertz CT molecular complexity index is 479. The first-order valence-electron chi connectivity index (χ1n) is 5.07. The molecule has 0 amide bonds. The largest absolute Gasteiger partial charge is 0.224 e. The van der Waals surface area contributed by atoms with Gasteiger partial charge in [0, 0.05) is 5.02 Å². The van der Waals surface area contributed by atoms with Gasteiger partial charge in [-0.25, -0.2) is 8.42 Å². The van der Waals surface area contributed by atoms with E-state index in [0.29, 0.717) is 22.3 Å². The van der Waals surface area contributed by atoms with E-state index < -0.39 is 9.84 Å². The first-order valence-corrected chi connectivity index (χ1v) is 7.10. The van der Waals surface area contributed by atoms with Crippen molar-refractivity contribution < 1.29 is 8.42 Å². The van der Waals surface area contributed by atoms with Crippen molar-refractivity contribution in [2.24, 2.45) is 0 Å². The van der Waals surface area contributed by atoms with Crippen LogP contribution in [0.2, 0.25) is 5.02 Å². The molecule has 1 atom stereocenters. The minimum Gasteiger partial charge on any atom is -0.224 e. The Kier molecular flexibility index (Phi) is 2.77. The molecule has 1 aliphatic rings. The molecule has 15 heavy (non-hydrogen) atoms. The van der Waals surface area contributed by atoms with Crippen LogP contribution in [-0.4, -0.2) is 14.2 Å². The van der Waals surface area contributed by atoms with Gasteiger partial charge in [0.1, 0.15) is 0 Å². The van der Waals surface area contributed by atoms with Crippen molar-refractivity contribution in [3.05, 3.63) is 28.8 Å². The van der Waals surface area contributed by atoms with Crippen molar-refractivity contribution in [1.29, 1.82) is 0 Å². The molecule has 2 nitrogen and oxygen atoms in total. The number of sulfone groups is 1. The minimum absolute atomic E-state index is 0.264. The molecule has 0 fully saturated rings. The van der Waals surface area contributed by atoms with Crippen LogP contribution in [0.25, 0.3) is 0 Å². The Labute approximate surface area is 95.2 Å². The second kappa shape index (κ2) is 3.80. The van der Waals surface area contributed by atoms with Crippen LogP contribution in [-0.2, 0) is 9.84 Å². The van der Waals surface area contributed by atoms with Gasteiger partial charge in [-0.1, -0.05) is 18.5 Å². The van der Waals surface area contributed by atoms with Crippen molar-refractivity contribution >= 4 is 21.4 Å². The van der Waals surface area contributed by atoms with Crippen LogP contribution in [0.3, 0.4) is 0 Å². The van der Waals surface area contributed by atoms with Crippen molar-refractivity contribution in [3.63, 3.8) is 0 Å². The van der Waals surface area contributed by atoms with Gasteiger partial charge >= 0.3 is 0 Å². The van der Waals surface area contributed by atoms with Gasteiger partial charge in [0.2, 0.25) is 0 Å². The van der Waals surface area contributed by atoms with E-state index in [1.165, 1.54) is 0 Å². The zero-order chi connectivity index (χ0) is 11.1. The number of halogens is 1. The monoisotopic (exact) mass is 244 g/mol. The molecular formula is C11H13ClO2S. The molecule has 0 bridgehead atoms. The van der Waals surface area contributed by atoms with Crippen molar-refractivity contribution in [2.45, 2.75) is 30.6 Å². The molecule has 4 heteroatoms. The fourth-order valence-corrected chi connectivity index (χ4v) is 3.96. The van der Waals surface area contributed by atoms with Crippen LogP contribution in [0, 0.1) is 0 Å². The molecule has 1 aromatic rings. The third-order valence-electron chi connectivity index (χ3n) is 2.97. The molecule has 1 aliphatic heterocycles. The molecule has 0 saturated heterocycles. The highest BCUT2D eigenvalue weighted by molar-refractivity contribution is 7.91. The van der Waals surface area contributed by atoms with Crippen LogP contribution in [0.15, 0.2) is 23.1 Å². The molecule has 82 valence electrons. The molecule has 0 aromatic heterocycles. The van der Waals surface area contributed by atoms with E-state index in [1.807, 2.05) is 0 Å². The second-order valence-electron chi connectivity index (χ2n) is 3.89. The summed E-state index contributed by atoms with van der Waals surface area (Å²) in [5.74, 6) is 0.599. The number of fused-ring (bicyclic) bond motifs is 1. The van der Waals surface area contributed by atoms with Crippen LogP contribution in [0.5, 0.6) is 0 Å². The maximum atomic E-state index is 11.8. The SMILES string of the molecule is CC[C@@H]1CCS(=O)(=O)c2ccc(Cl)cc21. The molecule has 0 unspecified atom stereocenters. The van der Waals surface area contributed by atoms with Gasteiger partial charge in [0.15, 0.2) is 9.84 Å². The third-order valence-corrected chi connectivity index (χ3v) is 5.02. The average Bonchev–Trinajstić information content (AvgIpc) is 2.17. The van der Waals surface area contributed by atoms with E-state index in [0.717, 1.165) is 12.0 Å². The Balaban J connectivity index is 2.64. The fraction of sp³-hybridized carbons (Fsp3) is 0.455.